The van der Waals surface area contributed by atoms with Gasteiger partial charge >= 0.3 is 19.5 Å². The fraction of sp³-hybridized carbons (Fsp3) is 0.286. The third-order valence-corrected chi connectivity index (χ3v) is 14.4. The van der Waals surface area contributed by atoms with E-state index in [4.69, 9.17) is 5.84 Å². The molecular weight excluding hydrogens is 768 g/mol. The normalized spacial score (nSPS) is 10.6. The van der Waals surface area contributed by atoms with Crippen molar-refractivity contribution < 1.29 is 19.5 Å². The van der Waals surface area contributed by atoms with Crippen LogP contribution in [0.2, 0.25) is 0 Å². The summed E-state index contributed by atoms with van der Waals surface area (Å²) < 4.78 is 0. The third-order valence-electron chi connectivity index (χ3n) is 8.35. The van der Waals surface area contributed by atoms with Crippen molar-refractivity contribution >= 4 is 65.4 Å². The summed E-state index contributed by atoms with van der Waals surface area (Å²) in [4.78, 5) is 0. The van der Waals surface area contributed by atoms with Crippen LogP contribution in [-0.4, -0.2) is 84.1 Å². The van der Waals surface area contributed by atoms with Crippen LogP contribution in [0.15, 0.2) is 152 Å². The first kappa shape index (κ1) is 46.3. The van der Waals surface area contributed by atoms with E-state index in [1.807, 2.05) is 30.3 Å². The van der Waals surface area contributed by atoms with Crippen LogP contribution in [0.3, 0.4) is 0 Å². The van der Waals surface area contributed by atoms with Gasteiger partial charge in [-0.05, 0) is 31.7 Å². The molecule has 267 valence electrons. The van der Waals surface area contributed by atoms with Gasteiger partial charge in [-0.25, -0.2) is 0 Å². The fourth-order valence-corrected chi connectivity index (χ4v) is 13.6. The first-order chi connectivity index (χ1) is 23.6. The molecule has 0 spiro atoms. The molecule has 0 aliphatic carbocycles. The van der Waals surface area contributed by atoms with E-state index in [2.05, 4.69) is 180 Å². The van der Waals surface area contributed by atoms with Gasteiger partial charge in [0.15, 0.2) is 0 Å². The minimum atomic E-state index is -1.22. The third kappa shape index (κ3) is 17.2. The second-order valence-electron chi connectivity index (χ2n) is 13.8. The standard InChI is InChI=1S/C24H20B.C6H7N2.2C6H16P2.Ru/c1-5-13-21(14-6-1)25(22-15-7-2-8-16-22,23-17-9-3-10-18-23)24-19-11-4-12-20-24;7-8-6-4-2-1-3-5-6;2*1-7(2)5-6-8(3)4;/h1-20H;1-5H,7H2;2*5-6H2,1-4H3;/q2*-1;;;+3/p+4. The summed E-state index contributed by atoms with van der Waals surface area (Å²) in [7, 11) is 0.383. The molecule has 0 bridgehead atoms. The first-order valence-corrected chi connectivity index (χ1v) is 28.4. The molecule has 50 heavy (non-hydrogen) atoms. The number of hydrogen-bond acceptors (Lipinski definition) is 1. The zero-order chi connectivity index (χ0) is 35.9. The fourth-order valence-electron chi connectivity index (χ4n) is 5.64. The zero-order valence-corrected chi connectivity index (χ0v) is 37.5. The van der Waals surface area contributed by atoms with Crippen LogP contribution in [0, 0.1) is 0 Å². The maximum atomic E-state index is 4.97. The Morgan fingerprint density at radius 2 is 0.580 bits per heavy atom. The zero-order valence-electron chi connectivity index (χ0n) is 31.7. The largest absolute Gasteiger partial charge is 3.00 e. The quantitative estimate of drug-likeness (QED) is 0.0618. The molecule has 0 fully saturated rings. The predicted octanol–water partition coefficient (Wildman–Crippen LogP) is 8.50. The van der Waals surface area contributed by atoms with Crippen molar-refractivity contribution in [2.24, 2.45) is 5.84 Å². The van der Waals surface area contributed by atoms with Gasteiger partial charge in [0.1, 0.15) is 6.15 Å². The average molecular weight is 832 g/mol. The van der Waals surface area contributed by atoms with E-state index < -0.39 is 6.15 Å². The number of benzene rings is 5. The van der Waals surface area contributed by atoms with E-state index in [0.717, 1.165) is 5.69 Å². The first-order valence-electron chi connectivity index (χ1n) is 17.6. The smallest absolute Gasteiger partial charge is 0.625 e. The number of nitrogens with zero attached hydrogens (tertiary/aromatic N) is 1. The second kappa shape index (κ2) is 27.0. The van der Waals surface area contributed by atoms with Crippen LogP contribution in [0.25, 0.3) is 5.43 Å². The minimum Gasteiger partial charge on any atom is -0.625 e. The summed E-state index contributed by atoms with van der Waals surface area (Å²) in [6.45, 7) is 19.2. The van der Waals surface area contributed by atoms with Gasteiger partial charge in [0.2, 0.25) is 0 Å². The van der Waals surface area contributed by atoms with Crippen LogP contribution in [0.4, 0.5) is 5.69 Å². The molecule has 5 aromatic carbocycles. The second-order valence-corrected chi connectivity index (χ2v) is 25.5. The Kier molecular flexibility index (Phi) is 25.0. The van der Waals surface area contributed by atoms with Crippen molar-refractivity contribution in [3.8, 4) is 0 Å². The van der Waals surface area contributed by atoms with Crippen molar-refractivity contribution in [3.05, 3.63) is 157 Å². The van der Waals surface area contributed by atoms with Crippen molar-refractivity contribution in [2.45, 2.75) is 0 Å². The minimum absolute atomic E-state index is 0. The van der Waals surface area contributed by atoms with Crippen molar-refractivity contribution in [3.63, 3.8) is 0 Å². The summed E-state index contributed by atoms with van der Waals surface area (Å²) in [6.07, 6.45) is 4.92. The summed E-state index contributed by atoms with van der Waals surface area (Å²) in [5.74, 6) is 4.97. The van der Waals surface area contributed by atoms with Gasteiger partial charge in [-0.1, -0.05) is 152 Å². The van der Waals surface area contributed by atoms with E-state index in [1.54, 1.807) is 0 Å². The molecule has 0 saturated carbocycles. The van der Waals surface area contributed by atoms with E-state index >= 15 is 0 Å². The van der Waals surface area contributed by atoms with Gasteiger partial charge in [0, 0.05) is 53.3 Å². The van der Waals surface area contributed by atoms with E-state index in [-0.39, 0.29) is 51.2 Å². The number of rotatable bonds is 11. The SMILES string of the molecule is C[PH+](C)CC[PH+](C)C.C[PH+](C)CC[PH+](C)C.N[N-]c1ccccc1.[Ru+3].c1ccc([B-](c2ccccc2)(c2ccccc2)c2ccccc2)cc1. The predicted molar refractivity (Wildman–Crippen MR) is 244 cm³/mol. The van der Waals surface area contributed by atoms with E-state index in [9.17, 15) is 0 Å². The average Bonchev–Trinajstić information content (AvgIpc) is 3.13. The number of hydrogen-bond donors (Lipinski definition) is 1. The molecule has 0 saturated heterocycles. The van der Waals surface area contributed by atoms with Crippen molar-refractivity contribution in [1.82, 2.24) is 0 Å². The summed E-state index contributed by atoms with van der Waals surface area (Å²) in [6, 6.07) is 52.9. The Bertz CT molecular complexity index is 1300. The molecule has 1 radical (unpaired) electrons. The molecule has 0 aromatic heterocycles. The molecule has 2 N–H and O–H groups in total. The summed E-state index contributed by atoms with van der Waals surface area (Å²) >= 11 is 0. The topological polar surface area (TPSA) is 40.1 Å². The molecule has 0 aliphatic heterocycles. The molecule has 5 aromatic rings. The Morgan fingerprint density at radius 1 is 0.380 bits per heavy atom. The molecule has 0 amide bonds. The summed E-state index contributed by atoms with van der Waals surface area (Å²) in [5.41, 5.74) is 9.64. The molecular formula is C42H63BN2P4Ru+5. The van der Waals surface area contributed by atoms with Crippen LogP contribution >= 0.6 is 31.7 Å². The molecule has 5 rings (SSSR count). The Labute approximate surface area is 323 Å². The molecule has 0 heterocycles. The van der Waals surface area contributed by atoms with Crippen molar-refractivity contribution in [2.75, 3.05) is 78.0 Å². The van der Waals surface area contributed by atoms with Crippen LogP contribution in [-0.2, 0) is 19.5 Å². The van der Waals surface area contributed by atoms with E-state index in [1.165, 1.54) is 46.5 Å². The Morgan fingerprint density at radius 3 is 0.740 bits per heavy atom. The van der Waals surface area contributed by atoms with Gasteiger partial charge in [-0.2, -0.15) is 21.9 Å². The van der Waals surface area contributed by atoms with Crippen LogP contribution in [0.1, 0.15) is 0 Å². The van der Waals surface area contributed by atoms with Gasteiger partial charge in [0.05, 0.1) is 24.6 Å². The van der Waals surface area contributed by atoms with Gasteiger partial charge in [-0.15, -0.1) is 5.69 Å². The molecule has 0 aliphatic rings. The molecule has 8 heteroatoms. The Balaban J connectivity index is 0.000000411. The molecule has 0 atom stereocenters. The monoisotopic (exact) mass is 832 g/mol. The maximum absolute atomic E-state index is 4.97. The van der Waals surface area contributed by atoms with E-state index in [0.29, 0.717) is 0 Å². The van der Waals surface area contributed by atoms with Crippen LogP contribution < -0.4 is 27.7 Å². The Hall–Kier alpha value is -1.73. The van der Waals surface area contributed by atoms with Gasteiger partial charge < -0.3 is 11.3 Å². The maximum Gasteiger partial charge on any atom is 3.00 e. The van der Waals surface area contributed by atoms with Crippen molar-refractivity contribution in [1.29, 1.82) is 0 Å². The molecule has 2 nitrogen and oxygen atoms in total. The molecule has 0 unspecified atom stereocenters. The van der Waals surface area contributed by atoms with Crippen LogP contribution in [0.5, 0.6) is 0 Å². The number of nitrogens with two attached hydrogens (primary N) is 1. The summed E-state index contributed by atoms with van der Waals surface area (Å²) in [5, 5.41) is 0. The van der Waals surface area contributed by atoms with Gasteiger partial charge in [-0.3, -0.25) is 0 Å². The van der Waals surface area contributed by atoms with Gasteiger partial charge in [0.25, 0.3) is 0 Å².